The van der Waals surface area contributed by atoms with Crippen molar-refractivity contribution >= 4 is 0 Å². The number of benzene rings is 1. The molecule has 1 rings (SSSR count). The summed E-state index contributed by atoms with van der Waals surface area (Å²) >= 11 is 0. The molecule has 3 heteroatoms. The van der Waals surface area contributed by atoms with E-state index in [4.69, 9.17) is 9.47 Å². The predicted octanol–water partition coefficient (Wildman–Crippen LogP) is 2.60. The van der Waals surface area contributed by atoms with E-state index in [1.807, 2.05) is 12.1 Å². The van der Waals surface area contributed by atoms with E-state index in [0.717, 1.165) is 45.0 Å². The molecule has 0 spiro atoms. The molecule has 0 saturated heterocycles. The average Bonchev–Trinajstić information content (AvgIpc) is 2.43. The van der Waals surface area contributed by atoms with E-state index >= 15 is 0 Å². The first kappa shape index (κ1) is 15.0. The van der Waals surface area contributed by atoms with Gasteiger partial charge < -0.3 is 14.4 Å². The van der Waals surface area contributed by atoms with Crippen molar-refractivity contribution in [3.63, 3.8) is 0 Å². The Morgan fingerprint density at radius 3 is 2.22 bits per heavy atom. The van der Waals surface area contributed by atoms with Crippen molar-refractivity contribution in [1.29, 1.82) is 0 Å². The Hall–Kier alpha value is -1.06. The summed E-state index contributed by atoms with van der Waals surface area (Å²) in [7, 11) is 1.69. The molecule has 0 radical (unpaired) electrons. The van der Waals surface area contributed by atoms with Crippen LogP contribution < -0.4 is 4.74 Å². The highest BCUT2D eigenvalue weighted by atomic mass is 16.5. The van der Waals surface area contributed by atoms with E-state index in [1.165, 1.54) is 5.56 Å². The number of nitrogens with zero attached hydrogens (tertiary/aromatic N) is 1. The molecule has 0 amide bonds. The number of ether oxygens (including phenoxy) is 2. The highest BCUT2D eigenvalue weighted by Gasteiger charge is 1.99. The minimum atomic E-state index is 0.785. The van der Waals surface area contributed by atoms with Gasteiger partial charge in [-0.05, 0) is 37.2 Å². The molecule has 0 unspecified atom stereocenters. The molecular weight excluding hydrogens is 226 g/mol. The topological polar surface area (TPSA) is 21.7 Å². The third kappa shape index (κ3) is 5.52. The Balaban J connectivity index is 2.13. The fourth-order valence-corrected chi connectivity index (χ4v) is 1.82. The Bertz CT molecular complexity index is 307. The number of hydrogen-bond acceptors (Lipinski definition) is 3. The first-order valence-electron chi connectivity index (χ1n) is 6.73. The summed E-state index contributed by atoms with van der Waals surface area (Å²) in [5.41, 5.74) is 1.29. The molecule has 0 aliphatic heterocycles. The van der Waals surface area contributed by atoms with Crippen molar-refractivity contribution < 1.29 is 9.47 Å². The molecule has 0 aliphatic rings. The van der Waals surface area contributed by atoms with Crippen molar-refractivity contribution in [2.75, 3.05) is 40.0 Å². The van der Waals surface area contributed by atoms with Crippen molar-refractivity contribution in [1.82, 2.24) is 4.90 Å². The van der Waals surface area contributed by atoms with Crippen LogP contribution in [0, 0.1) is 0 Å². The molecule has 0 aliphatic carbocycles. The van der Waals surface area contributed by atoms with Crippen LogP contribution in [0.2, 0.25) is 0 Å². The van der Waals surface area contributed by atoms with Crippen LogP contribution in [0.5, 0.6) is 5.75 Å². The van der Waals surface area contributed by atoms with E-state index in [0.29, 0.717) is 0 Å². The van der Waals surface area contributed by atoms with Crippen molar-refractivity contribution in [3.05, 3.63) is 29.8 Å². The molecule has 0 aromatic heterocycles. The summed E-state index contributed by atoms with van der Waals surface area (Å²) in [6.07, 6.45) is 0.961. The molecule has 0 fully saturated rings. The van der Waals surface area contributed by atoms with Crippen LogP contribution in [-0.2, 0) is 11.2 Å². The number of hydrogen-bond donors (Lipinski definition) is 0. The van der Waals surface area contributed by atoms with E-state index < -0.39 is 0 Å². The summed E-state index contributed by atoms with van der Waals surface area (Å²) < 4.78 is 10.8. The zero-order valence-electron chi connectivity index (χ0n) is 11.8. The molecule has 102 valence electrons. The highest BCUT2D eigenvalue weighted by molar-refractivity contribution is 5.27. The fourth-order valence-electron chi connectivity index (χ4n) is 1.82. The van der Waals surface area contributed by atoms with Gasteiger partial charge in [0.15, 0.2) is 0 Å². The van der Waals surface area contributed by atoms with Gasteiger partial charge in [0.1, 0.15) is 5.75 Å². The summed E-state index contributed by atoms with van der Waals surface area (Å²) in [6, 6.07) is 8.16. The van der Waals surface area contributed by atoms with Gasteiger partial charge in [0.2, 0.25) is 0 Å². The Morgan fingerprint density at radius 1 is 1.00 bits per heavy atom. The van der Waals surface area contributed by atoms with Gasteiger partial charge in [0.25, 0.3) is 0 Å². The van der Waals surface area contributed by atoms with Crippen LogP contribution in [0.25, 0.3) is 0 Å². The number of rotatable bonds is 9. The molecule has 18 heavy (non-hydrogen) atoms. The maximum Gasteiger partial charge on any atom is 0.118 e. The van der Waals surface area contributed by atoms with Crippen LogP contribution >= 0.6 is 0 Å². The van der Waals surface area contributed by atoms with Gasteiger partial charge in [-0.2, -0.15) is 0 Å². The first-order chi connectivity index (χ1) is 8.80. The second kappa shape index (κ2) is 8.95. The third-order valence-corrected chi connectivity index (χ3v) is 3.14. The average molecular weight is 251 g/mol. The lowest BCUT2D eigenvalue weighted by atomic mass is 10.1. The number of methoxy groups -OCH3 is 1. The molecule has 0 saturated carbocycles. The van der Waals surface area contributed by atoms with Gasteiger partial charge in [-0.25, -0.2) is 0 Å². The SMILES string of the molecule is CCN(CC)CCOCCc1ccc(OC)cc1. The quantitative estimate of drug-likeness (QED) is 0.630. The van der Waals surface area contributed by atoms with Crippen molar-refractivity contribution in [2.45, 2.75) is 20.3 Å². The summed E-state index contributed by atoms with van der Waals surface area (Å²) in [5.74, 6) is 0.904. The lowest BCUT2D eigenvalue weighted by molar-refractivity contribution is 0.109. The van der Waals surface area contributed by atoms with E-state index in [1.54, 1.807) is 7.11 Å². The zero-order valence-corrected chi connectivity index (χ0v) is 11.8. The van der Waals surface area contributed by atoms with Crippen molar-refractivity contribution in [3.8, 4) is 5.75 Å². The van der Waals surface area contributed by atoms with Crippen LogP contribution in [0.1, 0.15) is 19.4 Å². The minimum absolute atomic E-state index is 0.785. The van der Waals surface area contributed by atoms with Gasteiger partial charge in [-0.15, -0.1) is 0 Å². The van der Waals surface area contributed by atoms with E-state index in [2.05, 4.69) is 30.9 Å². The summed E-state index contributed by atoms with van der Waals surface area (Å²) in [6.45, 7) is 9.18. The Labute approximate surface area is 111 Å². The molecule has 0 bridgehead atoms. The normalized spacial score (nSPS) is 10.9. The van der Waals surface area contributed by atoms with Crippen LogP contribution in [0.4, 0.5) is 0 Å². The monoisotopic (exact) mass is 251 g/mol. The predicted molar refractivity (Wildman–Crippen MR) is 75.3 cm³/mol. The van der Waals surface area contributed by atoms with E-state index in [-0.39, 0.29) is 0 Å². The summed E-state index contributed by atoms with van der Waals surface area (Å²) in [4.78, 5) is 2.37. The number of likely N-dealkylation sites (N-methyl/N-ethyl adjacent to an activating group) is 1. The molecule has 0 heterocycles. The smallest absolute Gasteiger partial charge is 0.118 e. The Morgan fingerprint density at radius 2 is 1.67 bits per heavy atom. The standard InChI is InChI=1S/C15H25NO2/c1-4-16(5-2)11-13-18-12-10-14-6-8-15(17-3)9-7-14/h6-9H,4-5,10-13H2,1-3H3. The van der Waals surface area contributed by atoms with Gasteiger partial charge >= 0.3 is 0 Å². The maximum atomic E-state index is 5.66. The first-order valence-corrected chi connectivity index (χ1v) is 6.73. The molecule has 0 atom stereocenters. The van der Waals surface area contributed by atoms with Crippen molar-refractivity contribution in [2.24, 2.45) is 0 Å². The molecular formula is C15H25NO2. The van der Waals surface area contributed by atoms with Crippen LogP contribution in [-0.4, -0.2) is 44.9 Å². The highest BCUT2D eigenvalue weighted by Crippen LogP contribution is 2.11. The van der Waals surface area contributed by atoms with Crippen LogP contribution in [0.3, 0.4) is 0 Å². The fraction of sp³-hybridized carbons (Fsp3) is 0.600. The second-order valence-electron chi connectivity index (χ2n) is 4.24. The molecule has 3 nitrogen and oxygen atoms in total. The second-order valence-corrected chi connectivity index (χ2v) is 4.24. The zero-order chi connectivity index (χ0) is 13.2. The summed E-state index contributed by atoms with van der Waals surface area (Å²) in [5, 5.41) is 0. The van der Waals surface area contributed by atoms with Crippen LogP contribution in [0.15, 0.2) is 24.3 Å². The third-order valence-electron chi connectivity index (χ3n) is 3.14. The van der Waals surface area contributed by atoms with Gasteiger partial charge in [0, 0.05) is 6.54 Å². The van der Waals surface area contributed by atoms with Gasteiger partial charge in [0.05, 0.1) is 20.3 Å². The Kier molecular flexibility index (Phi) is 7.46. The lowest BCUT2D eigenvalue weighted by Crippen LogP contribution is -2.27. The molecule has 0 N–H and O–H groups in total. The maximum absolute atomic E-state index is 5.66. The minimum Gasteiger partial charge on any atom is -0.497 e. The van der Waals surface area contributed by atoms with Gasteiger partial charge in [-0.1, -0.05) is 26.0 Å². The molecule has 1 aromatic rings. The van der Waals surface area contributed by atoms with E-state index in [9.17, 15) is 0 Å². The van der Waals surface area contributed by atoms with Gasteiger partial charge in [-0.3, -0.25) is 0 Å². The largest absolute Gasteiger partial charge is 0.497 e. The molecule has 1 aromatic carbocycles. The lowest BCUT2D eigenvalue weighted by Gasteiger charge is -2.17.